The molecule has 4 aromatic rings. The van der Waals surface area contributed by atoms with Crippen molar-refractivity contribution >= 4 is 63.4 Å². The molecule has 1 aromatic heterocycles. The smallest absolute Gasteiger partial charge is 0.236 e. The van der Waals surface area contributed by atoms with Gasteiger partial charge in [0.25, 0.3) is 0 Å². The third-order valence-electron chi connectivity index (χ3n) is 4.69. The number of aryl methyl sites for hydroxylation is 1. The van der Waals surface area contributed by atoms with Gasteiger partial charge >= 0.3 is 0 Å². The molecule has 5 nitrogen and oxygen atoms in total. The van der Waals surface area contributed by atoms with Gasteiger partial charge in [0.05, 0.1) is 5.75 Å². The van der Waals surface area contributed by atoms with Crippen LogP contribution in [0.3, 0.4) is 0 Å². The average Bonchev–Trinajstić information content (AvgIpc) is 3.22. The van der Waals surface area contributed by atoms with Gasteiger partial charge in [-0.05, 0) is 78.8 Å². The van der Waals surface area contributed by atoms with E-state index in [0.717, 1.165) is 16.9 Å². The molecule has 0 fully saturated rings. The number of halogens is 1. The lowest BCUT2D eigenvalue weighted by atomic mass is 10.1. The lowest BCUT2D eigenvalue weighted by molar-refractivity contribution is -0.117. The summed E-state index contributed by atoms with van der Waals surface area (Å²) in [6.07, 6.45) is 0.985. The fraction of sp³-hybridized carbons (Fsp3) is 0.125. The Bertz CT molecular complexity index is 1250. The third kappa shape index (κ3) is 5.68. The van der Waals surface area contributed by atoms with E-state index in [-0.39, 0.29) is 16.8 Å². The number of carbonyl (C=O) groups is 1. The summed E-state index contributed by atoms with van der Waals surface area (Å²) in [5.74, 6) is 0.615. The van der Waals surface area contributed by atoms with Gasteiger partial charge in [-0.2, -0.15) is 0 Å². The summed E-state index contributed by atoms with van der Waals surface area (Å²) < 4.78 is 5.88. The van der Waals surface area contributed by atoms with Crippen molar-refractivity contribution in [2.45, 2.75) is 18.2 Å². The molecule has 1 heterocycles. The average molecular weight is 482 g/mol. The summed E-state index contributed by atoms with van der Waals surface area (Å²) in [6.45, 7) is 2.12. The number of oxazole rings is 1. The molecule has 0 aliphatic rings. The topological polar surface area (TPSA) is 67.2 Å². The van der Waals surface area contributed by atoms with Crippen molar-refractivity contribution < 1.29 is 9.21 Å². The number of hydrogen-bond acceptors (Lipinski definition) is 5. The zero-order valence-corrected chi connectivity index (χ0v) is 19.6. The first-order valence-corrected chi connectivity index (χ1v) is 11.8. The van der Waals surface area contributed by atoms with Crippen LogP contribution < -0.4 is 10.6 Å². The summed E-state index contributed by atoms with van der Waals surface area (Å²) in [5, 5.41) is 6.61. The molecular weight excluding hydrogens is 462 g/mol. The number of nitrogens with one attached hydrogen (secondary N) is 2. The highest BCUT2D eigenvalue weighted by Gasteiger charge is 2.11. The summed E-state index contributed by atoms with van der Waals surface area (Å²) in [4.78, 5) is 17.7. The van der Waals surface area contributed by atoms with E-state index in [1.54, 1.807) is 12.1 Å². The van der Waals surface area contributed by atoms with Gasteiger partial charge in [0.2, 0.25) is 11.8 Å². The molecule has 0 bridgehead atoms. The number of nitrogens with zero attached hydrogens (tertiary/aromatic N) is 1. The molecule has 0 spiro atoms. The molecule has 3 aromatic carbocycles. The van der Waals surface area contributed by atoms with E-state index in [1.165, 1.54) is 17.3 Å². The Labute approximate surface area is 200 Å². The van der Waals surface area contributed by atoms with Crippen LogP contribution in [0.2, 0.25) is 5.02 Å². The van der Waals surface area contributed by atoms with E-state index >= 15 is 0 Å². The van der Waals surface area contributed by atoms with Crippen LogP contribution in [0.15, 0.2) is 76.0 Å². The summed E-state index contributed by atoms with van der Waals surface area (Å²) in [5.41, 5.74) is 4.29. The van der Waals surface area contributed by atoms with Crippen molar-refractivity contribution in [2.75, 3.05) is 11.1 Å². The van der Waals surface area contributed by atoms with Crippen LogP contribution in [0.5, 0.6) is 0 Å². The Hall–Kier alpha value is -2.87. The van der Waals surface area contributed by atoms with E-state index in [2.05, 4.69) is 34.7 Å². The molecule has 32 heavy (non-hydrogen) atoms. The Morgan fingerprint density at radius 2 is 1.84 bits per heavy atom. The number of benzene rings is 3. The molecule has 0 aliphatic heterocycles. The maximum atomic E-state index is 12.2. The zero-order valence-electron chi connectivity index (χ0n) is 17.2. The van der Waals surface area contributed by atoms with Crippen LogP contribution in [0, 0.1) is 0 Å². The second-order valence-corrected chi connectivity index (χ2v) is 8.89. The highest BCUT2D eigenvalue weighted by Crippen LogP contribution is 2.26. The molecule has 0 unspecified atom stereocenters. The molecule has 0 radical (unpaired) electrons. The third-order valence-corrected chi connectivity index (χ3v) is 6.16. The van der Waals surface area contributed by atoms with E-state index in [9.17, 15) is 4.79 Å². The lowest BCUT2D eigenvalue weighted by Gasteiger charge is -2.09. The Morgan fingerprint density at radius 1 is 1.09 bits per heavy atom. The lowest BCUT2D eigenvalue weighted by Crippen LogP contribution is -2.35. The fourth-order valence-corrected chi connectivity index (χ4v) is 4.07. The van der Waals surface area contributed by atoms with Gasteiger partial charge in [0.1, 0.15) is 5.52 Å². The van der Waals surface area contributed by atoms with Crippen LogP contribution in [0.4, 0.5) is 5.69 Å². The minimum absolute atomic E-state index is 0.192. The van der Waals surface area contributed by atoms with Gasteiger partial charge in [0, 0.05) is 21.2 Å². The van der Waals surface area contributed by atoms with Crippen molar-refractivity contribution in [3.63, 3.8) is 0 Å². The molecule has 0 saturated heterocycles. The highest BCUT2D eigenvalue weighted by atomic mass is 35.5. The number of carbonyl (C=O) groups excluding carboxylic acids is 1. The number of rotatable bonds is 6. The summed E-state index contributed by atoms with van der Waals surface area (Å²) in [6, 6.07) is 21.0. The first-order chi connectivity index (χ1) is 15.5. The number of fused-ring (bicyclic) bond motifs is 1. The summed E-state index contributed by atoms with van der Waals surface area (Å²) in [7, 11) is 0. The van der Waals surface area contributed by atoms with Crippen LogP contribution in [0.25, 0.3) is 22.6 Å². The molecule has 8 heteroatoms. The largest absolute Gasteiger partial charge is 0.436 e. The van der Waals surface area contributed by atoms with Crippen molar-refractivity contribution in [1.82, 2.24) is 10.3 Å². The molecule has 2 N–H and O–H groups in total. The minimum Gasteiger partial charge on any atom is -0.436 e. The SMILES string of the molecule is CCc1ccc(-c2nc3cc(NC(=S)NC(=O)CSc4ccc(Cl)cc4)ccc3o2)cc1. The number of hydrogen-bond donors (Lipinski definition) is 2. The monoisotopic (exact) mass is 481 g/mol. The Balaban J connectivity index is 1.36. The molecular formula is C24H20ClN3O2S2. The Kier molecular flexibility index (Phi) is 7.09. The van der Waals surface area contributed by atoms with Crippen LogP contribution >= 0.6 is 35.6 Å². The predicted molar refractivity (Wildman–Crippen MR) is 135 cm³/mol. The number of aromatic nitrogens is 1. The summed E-state index contributed by atoms with van der Waals surface area (Å²) >= 11 is 12.6. The first-order valence-electron chi connectivity index (χ1n) is 9.99. The van der Waals surface area contributed by atoms with Gasteiger partial charge in [-0.15, -0.1) is 11.8 Å². The van der Waals surface area contributed by atoms with Crippen molar-refractivity contribution in [3.8, 4) is 11.5 Å². The molecule has 162 valence electrons. The van der Waals surface area contributed by atoms with Gasteiger partial charge in [-0.1, -0.05) is 30.7 Å². The van der Waals surface area contributed by atoms with Gasteiger partial charge in [0.15, 0.2) is 10.7 Å². The normalized spacial score (nSPS) is 10.8. The van der Waals surface area contributed by atoms with E-state index in [1.807, 2.05) is 42.5 Å². The fourth-order valence-electron chi connectivity index (χ4n) is 3.02. The minimum atomic E-state index is -0.192. The van der Waals surface area contributed by atoms with Gasteiger partial charge in [-0.25, -0.2) is 4.98 Å². The second-order valence-electron chi connectivity index (χ2n) is 7.00. The maximum absolute atomic E-state index is 12.2. The van der Waals surface area contributed by atoms with Crippen LogP contribution in [-0.4, -0.2) is 21.8 Å². The number of thiocarbonyl (C=S) groups is 1. The first kappa shape index (κ1) is 22.3. The molecule has 0 saturated carbocycles. The molecule has 4 rings (SSSR count). The predicted octanol–water partition coefficient (Wildman–Crippen LogP) is 6.32. The van der Waals surface area contributed by atoms with E-state index in [0.29, 0.717) is 27.7 Å². The second kappa shape index (κ2) is 10.2. The van der Waals surface area contributed by atoms with Crippen molar-refractivity contribution in [3.05, 3.63) is 77.3 Å². The van der Waals surface area contributed by atoms with Crippen LogP contribution in [-0.2, 0) is 11.2 Å². The van der Waals surface area contributed by atoms with Crippen molar-refractivity contribution in [2.24, 2.45) is 0 Å². The molecule has 0 aliphatic carbocycles. The van der Waals surface area contributed by atoms with Crippen molar-refractivity contribution in [1.29, 1.82) is 0 Å². The highest BCUT2D eigenvalue weighted by molar-refractivity contribution is 8.00. The van der Waals surface area contributed by atoms with Gasteiger partial charge in [-0.3, -0.25) is 4.79 Å². The standard InChI is InChI=1S/C24H20ClN3O2S2/c1-2-15-3-5-16(6-4-15)23-27-20-13-18(9-12-21(20)30-23)26-24(31)28-22(29)14-32-19-10-7-17(25)8-11-19/h3-13H,2,14H2,1H3,(H2,26,28,29,31). The van der Waals surface area contributed by atoms with E-state index in [4.69, 9.17) is 28.2 Å². The zero-order chi connectivity index (χ0) is 22.5. The number of anilines is 1. The Morgan fingerprint density at radius 3 is 2.56 bits per heavy atom. The van der Waals surface area contributed by atoms with Gasteiger partial charge < -0.3 is 15.1 Å². The number of thioether (sulfide) groups is 1. The maximum Gasteiger partial charge on any atom is 0.236 e. The molecule has 0 atom stereocenters. The number of amides is 1. The quantitative estimate of drug-likeness (QED) is 0.248. The van der Waals surface area contributed by atoms with Crippen LogP contribution in [0.1, 0.15) is 12.5 Å². The van der Waals surface area contributed by atoms with E-state index < -0.39 is 0 Å². The molecule has 1 amide bonds.